The Morgan fingerprint density at radius 2 is 1.66 bits per heavy atom. The van der Waals surface area contributed by atoms with Gasteiger partial charge in [-0.15, -0.1) is 0 Å². The lowest BCUT2D eigenvalue weighted by molar-refractivity contribution is 0.236. The Balaban J connectivity index is 1.83. The van der Waals surface area contributed by atoms with Crippen molar-refractivity contribution in [3.05, 3.63) is 76.9 Å². The minimum absolute atomic E-state index is 0.850. The molecule has 0 aliphatic carbocycles. The number of pyridine rings is 1. The summed E-state index contributed by atoms with van der Waals surface area (Å²) in [6, 6.07) is 14.6. The molecule has 0 amide bonds. The van der Waals surface area contributed by atoms with Crippen LogP contribution in [0.3, 0.4) is 0 Å². The van der Waals surface area contributed by atoms with Crippen molar-refractivity contribution in [3.63, 3.8) is 0 Å². The maximum Gasteiger partial charge on any atom is 0.0678 e. The third-order valence-electron chi connectivity index (χ3n) is 5.36. The lowest BCUT2D eigenvalue weighted by Crippen LogP contribution is -2.27. The molecule has 29 heavy (non-hydrogen) atoms. The van der Waals surface area contributed by atoms with Crippen molar-refractivity contribution in [3.8, 4) is 5.69 Å². The number of aromatic nitrogens is 3. The number of hydrogen-bond donors (Lipinski definition) is 0. The average molecular weight is 392 g/mol. The molecule has 0 aliphatic rings. The van der Waals surface area contributed by atoms with Gasteiger partial charge in [0.1, 0.15) is 0 Å². The summed E-state index contributed by atoms with van der Waals surface area (Å²) in [7, 11) is 4.26. The monoisotopic (exact) mass is 391 g/mol. The Kier molecular flexibility index (Phi) is 7.18. The highest BCUT2D eigenvalue weighted by atomic mass is 15.3. The molecule has 5 nitrogen and oxygen atoms in total. The zero-order valence-electron chi connectivity index (χ0n) is 18.4. The first-order chi connectivity index (χ1) is 14.0. The second-order valence-electron chi connectivity index (χ2n) is 8.04. The highest BCUT2D eigenvalue weighted by Gasteiger charge is 2.17. The summed E-state index contributed by atoms with van der Waals surface area (Å²) in [6.45, 7) is 10.3. The van der Waals surface area contributed by atoms with Gasteiger partial charge in [0.05, 0.1) is 17.1 Å². The van der Waals surface area contributed by atoms with Gasteiger partial charge < -0.3 is 4.90 Å². The molecule has 0 radical (unpaired) electrons. The van der Waals surface area contributed by atoms with Crippen molar-refractivity contribution in [2.24, 2.45) is 0 Å². The smallest absolute Gasteiger partial charge is 0.0678 e. The SMILES string of the molecule is Cc1ccccc1-n1nc(C)c(CN(CCCN(C)C)Cc2ccccn2)c1C. The molecule has 0 saturated carbocycles. The minimum atomic E-state index is 0.850. The Morgan fingerprint density at radius 1 is 0.897 bits per heavy atom. The number of benzene rings is 1. The molecule has 0 atom stereocenters. The second kappa shape index (κ2) is 9.81. The summed E-state index contributed by atoms with van der Waals surface area (Å²) in [5.74, 6) is 0. The summed E-state index contributed by atoms with van der Waals surface area (Å²) >= 11 is 0. The molecular weight excluding hydrogens is 358 g/mol. The molecule has 0 fully saturated rings. The Hall–Kier alpha value is -2.50. The first-order valence-corrected chi connectivity index (χ1v) is 10.3. The maximum atomic E-state index is 4.88. The van der Waals surface area contributed by atoms with Gasteiger partial charge >= 0.3 is 0 Å². The van der Waals surface area contributed by atoms with Crippen LogP contribution in [0.5, 0.6) is 0 Å². The highest BCUT2D eigenvalue weighted by molar-refractivity contribution is 5.42. The number of aryl methyl sites for hydroxylation is 2. The van der Waals surface area contributed by atoms with Gasteiger partial charge in [0, 0.05) is 37.1 Å². The molecule has 3 aromatic rings. The fourth-order valence-corrected chi connectivity index (χ4v) is 3.71. The largest absolute Gasteiger partial charge is 0.309 e. The van der Waals surface area contributed by atoms with E-state index < -0.39 is 0 Å². The van der Waals surface area contributed by atoms with Crippen LogP contribution in [-0.4, -0.2) is 51.7 Å². The first kappa shape index (κ1) is 21.2. The number of hydrogen-bond acceptors (Lipinski definition) is 4. The molecule has 0 aliphatic heterocycles. The van der Waals surface area contributed by atoms with Crippen molar-refractivity contribution in [1.29, 1.82) is 0 Å². The number of nitrogens with zero attached hydrogens (tertiary/aromatic N) is 5. The molecule has 0 unspecified atom stereocenters. The van der Waals surface area contributed by atoms with Gasteiger partial charge in [-0.2, -0.15) is 5.10 Å². The topological polar surface area (TPSA) is 37.2 Å². The molecule has 5 heteroatoms. The van der Waals surface area contributed by atoms with Gasteiger partial charge in [-0.25, -0.2) is 4.68 Å². The lowest BCUT2D eigenvalue weighted by Gasteiger charge is -2.23. The van der Waals surface area contributed by atoms with Crippen LogP contribution in [0.15, 0.2) is 48.7 Å². The summed E-state index contributed by atoms with van der Waals surface area (Å²) in [4.78, 5) is 9.27. The van der Waals surface area contributed by atoms with Crippen molar-refractivity contribution < 1.29 is 0 Å². The molecule has 2 aromatic heterocycles. The summed E-state index contributed by atoms with van der Waals surface area (Å²) in [5.41, 5.74) is 7.14. The zero-order chi connectivity index (χ0) is 20.8. The van der Waals surface area contributed by atoms with Gasteiger partial charge in [-0.05, 0) is 71.6 Å². The second-order valence-corrected chi connectivity index (χ2v) is 8.04. The number of rotatable bonds is 9. The third-order valence-corrected chi connectivity index (χ3v) is 5.36. The Bertz CT molecular complexity index is 914. The van der Waals surface area contributed by atoms with Crippen molar-refractivity contribution in [2.45, 2.75) is 40.3 Å². The molecule has 3 rings (SSSR count). The molecule has 0 N–H and O–H groups in total. The molecule has 0 bridgehead atoms. The summed E-state index contributed by atoms with van der Waals surface area (Å²) < 4.78 is 2.10. The predicted octanol–water partition coefficient (Wildman–Crippen LogP) is 4.15. The molecular formula is C24H33N5. The van der Waals surface area contributed by atoms with Crippen molar-refractivity contribution >= 4 is 0 Å². The van der Waals surface area contributed by atoms with E-state index in [4.69, 9.17) is 5.10 Å². The van der Waals surface area contributed by atoms with Crippen LogP contribution < -0.4 is 0 Å². The minimum Gasteiger partial charge on any atom is -0.309 e. The summed E-state index contributed by atoms with van der Waals surface area (Å²) in [6.07, 6.45) is 3.00. The van der Waals surface area contributed by atoms with E-state index in [0.717, 1.165) is 49.7 Å². The lowest BCUT2D eigenvalue weighted by atomic mass is 10.1. The maximum absolute atomic E-state index is 4.88. The van der Waals surface area contributed by atoms with Gasteiger partial charge in [-0.3, -0.25) is 9.88 Å². The highest BCUT2D eigenvalue weighted by Crippen LogP contribution is 2.22. The molecule has 154 valence electrons. The molecule has 0 spiro atoms. The van der Waals surface area contributed by atoms with Gasteiger partial charge in [-0.1, -0.05) is 24.3 Å². The Morgan fingerprint density at radius 3 is 2.34 bits per heavy atom. The number of para-hydroxylation sites is 1. The quantitative estimate of drug-likeness (QED) is 0.549. The van der Waals surface area contributed by atoms with E-state index in [9.17, 15) is 0 Å². The van der Waals surface area contributed by atoms with Gasteiger partial charge in [0.25, 0.3) is 0 Å². The van der Waals surface area contributed by atoms with Crippen LogP contribution in [0.1, 0.15) is 34.6 Å². The predicted molar refractivity (Wildman–Crippen MR) is 119 cm³/mol. The van der Waals surface area contributed by atoms with Gasteiger partial charge in [0.15, 0.2) is 0 Å². The van der Waals surface area contributed by atoms with Crippen LogP contribution >= 0.6 is 0 Å². The van der Waals surface area contributed by atoms with E-state index in [1.807, 2.05) is 12.3 Å². The van der Waals surface area contributed by atoms with Crippen LogP contribution in [0.2, 0.25) is 0 Å². The Labute approximate surface area is 175 Å². The van der Waals surface area contributed by atoms with E-state index in [0.29, 0.717) is 0 Å². The zero-order valence-corrected chi connectivity index (χ0v) is 18.4. The average Bonchev–Trinajstić information content (AvgIpc) is 2.97. The third kappa shape index (κ3) is 5.52. The first-order valence-electron chi connectivity index (χ1n) is 10.3. The molecule has 2 heterocycles. The standard InChI is InChI=1S/C24H33N5/c1-19-11-6-7-13-24(19)29-21(3)23(20(2)26-29)18-28(16-10-15-27(4)5)17-22-12-8-9-14-25-22/h6-9,11-14H,10,15-18H2,1-5H3. The summed E-state index contributed by atoms with van der Waals surface area (Å²) in [5, 5.41) is 4.88. The van der Waals surface area contributed by atoms with E-state index in [-0.39, 0.29) is 0 Å². The van der Waals surface area contributed by atoms with Crippen LogP contribution in [0.4, 0.5) is 0 Å². The normalized spacial score (nSPS) is 11.6. The van der Waals surface area contributed by atoms with Crippen LogP contribution in [0, 0.1) is 20.8 Å². The van der Waals surface area contributed by atoms with E-state index >= 15 is 0 Å². The van der Waals surface area contributed by atoms with Crippen LogP contribution in [-0.2, 0) is 13.1 Å². The van der Waals surface area contributed by atoms with Crippen LogP contribution in [0.25, 0.3) is 5.69 Å². The van der Waals surface area contributed by atoms with E-state index in [2.05, 4.69) is 90.7 Å². The van der Waals surface area contributed by atoms with Crippen molar-refractivity contribution in [2.75, 3.05) is 27.2 Å². The molecule has 0 saturated heterocycles. The molecule has 1 aromatic carbocycles. The van der Waals surface area contributed by atoms with Crippen molar-refractivity contribution in [1.82, 2.24) is 24.6 Å². The fourth-order valence-electron chi connectivity index (χ4n) is 3.71. The van der Waals surface area contributed by atoms with Gasteiger partial charge in [0.2, 0.25) is 0 Å². The fraction of sp³-hybridized carbons (Fsp3) is 0.417. The van der Waals surface area contributed by atoms with E-state index in [1.54, 1.807) is 0 Å². The van der Waals surface area contributed by atoms with E-state index in [1.165, 1.54) is 16.8 Å².